The van der Waals surface area contributed by atoms with Gasteiger partial charge in [0.1, 0.15) is 0 Å². The molecule has 0 aliphatic heterocycles. The summed E-state index contributed by atoms with van der Waals surface area (Å²) in [4.78, 5) is 0. The zero-order valence-electron chi connectivity index (χ0n) is 10.9. The van der Waals surface area contributed by atoms with E-state index in [1.807, 2.05) is 0 Å². The summed E-state index contributed by atoms with van der Waals surface area (Å²) >= 11 is 0. The van der Waals surface area contributed by atoms with Gasteiger partial charge in [0.15, 0.2) is 0 Å². The summed E-state index contributed by atoms with van der Waals surface area (Å²) in [6.45, 7) is 4.40. The van der Waals surface area contributed by atoms with Crippen molar-refractivity contribution in [3.8, 4) is 0 Å². The van der Waals surface area contributed by atoms with Crippen molar-refractivity contribution >= 4 is 0 Å². The van der Waals surface area contributed by atoms with E-state index in [0.29, 0.717) is 0 Å². The van der Waals surface area contributed by atoms with Gasteiger partial charge < -0.3 is 0 Å². The summed E-state index contributed by atoms with van der Waals surface area (Å²) in [5.41, 5.74) is 2.93. The molecule has 0 unspecified atom stereocenters. The Hall–Kier alpha value is -0.716. The van der Waals surface area contributed by atoms with Crippen molar-refractivity contribution in [3.63, 3.8) is 0 Å². The molecule has 0 nitrogen and oxygen atoms in total. The zero-order chi connectivity index (χ0) is 11.6. The fourth-order valence-electron chi connectivity index (χ4n) is 1.74. The van der Waals surface area contributed by atoms with Crippen LogP contribution in [0.15, 0.2) is 48.5 Å². The molecule has 0 atom stereocenters. The second kappa shape index (κ2) is 10.4. The second-order valence-corrected chi connectivity index (χ2v) is 4.09. The summed E-state index contributed by atoms with van der Waals surface area (Å²) in [6.07, 6.45) is 4.97. The molecule has 2 aromatic carbocycles. The molecule has 0 bridgehead atoms. The average Bonchev–Trinajstić information content (AvgIpc) is 2.92. The third-order valence-corrected chi connectivity index (χ3v) is 2.54. The van der Waals surface area contributed by atoms with Crippen LogP contribution in [-0.4, -0.2) is 0 Å². The van der Waals surface area contributed by atoms with E-state index in [1.165, 1.54) is 36.8 Å². The predicted octanol–water partition coefficient (Wildman–Crippen LogP) is 4.71. The van der Waals surface area contributed by atoms with Crippen LogP contribution in [0.3, 0.4) is 0 Å². The Kier molecular flexibility index (Phi) is 10.00. The zero-order valence-corrected chi connectivity index (χ0v) is 12.3. The van der Waals surface area contributed by atoms with Crippen LogP contribution in [0.1, 0.15) is 37.8 Å². The first-order valence-electron chi connectivity index (χ1n) is 6.28. The van der Waals surface area contributed by atoms with Crippen molar-refractivity contribution in [2.24, 2.45) is 0 Å². The molecular weight excluding hydrogens is 243 g/mol. The number of hydrogen-bond donors (Lipinski definition) is 0. The molecule has 1 radical (unpaired) electrons. The maximum Gasteiger partial charge on any atom is 2.00 e. The quantitative estimate of drug-likeness (QED) is 0.702. The molecule has 0 aromatic heterocycles. The largest absolute Gasteiger partial charge is 2.00 e. The second-order valence-electron chi connectivity index (χ2n) is 4.09. The van der Waals surface area contributed by atoms with Gasteiger partial charge in [-0.1, -0.05) is 39.5 Å². The van der Waals surface area contributed by atoms with Gasteiger partial charge in [-0.25, -0.2) is 24.3 Å². The molecule has 0 heterocycles. The summed E-state index contributed by atoms with van der Waals surface area (Å²) in [6, 6.07) is 17.0. The van der Waals surface area contributed by atoms with Gasteiger partial charge in [0, 0.05) is 0 Å². The molecule has 17 heavy (non-hydrogen) atoms. The summed E-state index contributed by atoms with van der Waals surface area (Å²) < 4.78 is 0. The summed E-state index contributed by atoms with van der Waals surface area (Å²) in [5.74, 6) is 0. The molecule has 0 saturated heterocycles. The van der Waals surface area contributed by atoms with E-state index in [1.54, 1.807) is 0 Å². The van der Waals surface area contributed by atoms with Gasteiger partial charge in [-0.3, -0.25) is 0 Å². The van der Waals surface area contributed by atoms with Crippen LogP contribution in [0.4, 0.5) is 0 Å². The SMILES string of the molecule is CCC[c-]1cccc1.CCC[c-]1cccc1.[V+2]. The van der Waals surface area contributed by atoms with Crippen molar-refractivity contribution in [2.75, 3.05) is 0 Å². The van der Waals surface area contributed by atoms with E-state index in [-0.39, 0.29) is 18.6 Å². The van der Waals surface area contributed by atoms with Crippen LogP contribution in [0.2, 0.25) is 0 Å². The molecule has 0 N–H and O–H groups in total. The third kappa shape index (κ3) is 7.25. The molecule has 1 heteroatoms. The molecule has 0 spiro atoms. The van der Waals surface area contributed by atoms with Gasteiger partial charge in [-0.15, -0.1) is 0 Å². The minimum Gasteiger partial charge on any atom is -0.213 e. The van der Waals surface area contributed by atoms with Gasteiger partial charge in [0.25, 0.3) is 0 Å². The minimum atomic E-state index is 0. The van der Waals surface area contributed by atoms with E-state index in [9.17, 15) is 0 Å². The van der Waals surface area contributed by atoms with Crippen molar-refractivity contribution in [1.82, 2.24) is 0 Å². The normalized spacial score (nSPS) is 9.06. The molecule has 0 aliphatic rings. The fraction of sp³-hybridized carbons (Fsp3) is 0.375. The Morgan fingerprint density at radius 3 is 1.18 bits per heavy atom. The molecule has 0 aliphatic carbocycles. The molecule has 2 rings (SSSR count). The maximum absolute atomic E-state index is 2.20. The first-order chi connectivity index (χ1) is 7.86. The van der Waals surface area contributed by atoms with Crippen molar-refractivity contribution < 1.29 is 18.6 Å². The topological polar surface area (TPSA) is 0 Å². The van der Waals surface area contributed by atoms with Crippen LogP contribution < -0.4 is 0 Å². The first-order valence-corrected chi connectivity index (χ1v) is 6.28. The molecule has 0 fully saturated rings. The van der Waals surface area contributed by atoms with Gasteiger partial charge >= 0.3 is 18.6 Å². The third-order valence-electron chi connectivity index (χ3n) is 2.54. The van der Waals surface area contributed by atoms with Crippen LogP contribution in [0, 0.1) is 0 Å². The Balaban J connectivity index is 0.000000284. The molecular formula is C16H22V. The predicted molar refractivity (Wildman–Crippen MR) is 72.1 cm³/mol. The van der Waals surface area contributed by atoms with Crippen molar-refractivity contribution in [3.05, 3.63) is 59.7 Å². The standard InChI is InChI=1S/2C8H11.V/c2*1-2-5-8-6-3-4-7-8;/h2*3-4,6-7H,2,5H2,1H3;/q2*-1;+2. The Bertz CT molecular complexity index is 293. The fourth-order valence-corrected chi connectivity index (χ4v) is 1.74. The van der Waals surface area contributed by atoms with Gasteiger partial charge in [0.2, 0.25) is 0 Å². The van der Waals surface area contributed by atoms with Crippen molar-refractivity contribution in [1.29, 1.82) is 0 Å². The Labute approximate surface area is 118 Å². The maximum atomic E-state index is 2.20. The van der Waals surface area contributed by atoms with Gasteiger partial charge in [-0.05, 0) is 0 Å². The minimum absolute atomic E-state index is 0. The van der Waals surface area contributed by atoms with E-state index in [2.05, 4.69) is 62.4 Å². The van der Waals surface area contributed by atoms with Crippen molar-refractivity contribution in [2.45, 2.75) is 39.5 Å². The van der Waals surface area contributed by atoms with E-state index < -0.39 is 0 Å². The Morgan fingerprint density at radius 2 is 0.941 bits per heavy atom. The van der Waals surface area contributed by atoms with Crippen LogP contribution in [-0.2, 0) is 31.4 Å². The molecule has 0 amide bonds. The van der Waals surface area contributed by atoms with Crippen LogP contribution in [0.5, 0.6) is 0 Å². The van der Waals surface area contributed by atoms with Gasteiger partial charge in [0.05, 0.1) is 0 Å². The van der Waals surface area contributed by atoms with E-state index >= 15 is 0 Å². The average molecular weight is 265 g/mol. The van der Waals surface area contributed by atoms with E-state index in [4.69, 9.17) is 0 Å². The monoisotopic (exact) mass is 265 g/mol. The molecule has 2 aromatic rings. The number of rotatable bonds is 4. The molecule has 91 valence electrons. The smallest absolute Gasteiger partial charge is 0.213 e. The number of aryl methyl sites for hydroxylation is 2. The van der Waals surface area contributed by atoms with Crippen LogP contribution >= 0.6 is 0 Å². The number of hydrogen-bond acceptors (Lipinski definition) is 0. The van der Waals surface area contributed by atoms with Gasteiger partial charge in [-0.2, -0.15) is 35.4 Å². The van der Waals surface area contributed by atoms with Crippen LogP contribution in [0.25, 0.3) is 0 Å². The molecule has 0 saturated carbocycles. The van der Waals surface area contributed by atoms with E-state index in [0.717, 1.165) is 0 Å². The first kappa shape index (κ1) is 16.3. The Morgan fingerprint density at radius 1 is 0.647 bits per heavy atom. The summed E-state index contributed by atoms with van der Waals surface area (Å²) in [5, 5.41) is 0. The summed E-state index contributed by atoms with van der Waals surface area (Å²) in [7, 11) is 0.